The molecule has 1 N–H and O–H groups in total. The second kappa shape index (κ2) is 6.70. The van der Waals surface area contributed by atoms with Crippen molar-refractivity contribution < 1.29 is 9.59 Å². The molecule has 1 fully saturated rings. The summed E-state index contributed by atoms with van der Waals surface area (Å²) >= 11 is 0. The molecule has 1 aromatic rings. The molecule has 2 rings (SSSR count). The highest BCUT2D eigenvalue weighted by atomic mass is 16.2. The molecule has 0 bridgehead atoms. The molecule has 2 atom stereocenters. The Morgan fingerprint density at radius 1 is 1.29 bits per heavy atom. The van der Waals surface area contributed by atoms with Crippen molar-refractivity contribution in [1.82, 2.24) is 15.2 Å². The van der Waals surface area contributed by atoms with Gasteiger partial charge in [-0.15, -0.1) is 0 Å². The van der Waals surface area contributed by atoms with Crippen LogP contribution in [0.15, 0.2) is 24.5 Å². The quantitative estimate of drug-likeness (QED) is 0.921. The fraction of sp³-hybridized carbons (Fsp3) is 0.562. The molecule has 1 aromatic heterocycles. The van der Waals surface area contributed by atoms with Crippen molar-refractivity contribution in [3.8, 4) is 0 Å². The Balaban J connectivity index is 2.21. The molecule has 2 amide bonds. The first-order chi connectivity index (χ1) is 9.99. The Kier molecular flexibility index (Phi) is 4.94. The predicted octanol–water partition coefficient (Wildman–Crippen LogP) is 1.91. The summed E-state index contributed by atoms with van der Waals surface area (Å²) in [5.41, 5.74) is 1.04. The zero-order valence-corrected chi connectivity index (χ0v) is 12.9. The Hall–Kier alpha value is -1.91. The number of nitrogens with zero attached hydrogens (tertiary/aromatic N) is 2. The number of rotatable bonds is 4. The fourth-order valence-corrected chi connectivity index (χ4v) is 2.70. The average Bonchev–Trinajstić information content (AvgIpc) is 2.59. The third-order valence-electron chi connectivity index (χ3n) is 3.86. The van der Waals surface area contributed by atoms with Crippen LogP contribution in [-0.4, -0.2) is 34.3 Å². The minimum absolute atomic E-state index is 0.0128. The number of pyridine rings is 1. The van der Waals surface area contributed by atoms with Gasteiger partial charge < -0.3 is 10.2 Å². The number of hydrogen-bond donors (Lipinski definition) is 1. The van der Waals surface area contributed by atoms with Crippen LogP contribution in [0.1, 0.15) is 45.2 Å². The van der Waals surface area contributed by atoms with Crippen LogP contribution in [0, 0.1) is 5.92 Å². The Labute approximate surface area is 125 Å². The molecule has 114 valence electrons. The summed E-state index contributed by atoms with van der Waals surface area (Å²) in [6.07, 6.45) is 4.48. The van der Waals surface area contributed by atoms with Crippen molar-refractivity contribution in [2.24, 2.45) is 5.92 Å². The predicted molar refractivity (Wildman–Crippen MR) is 80.4 cm³/mol. The summed E-state index contributed by atoms with van der Waals surface area (Å²) in [4.78, 5) is 30.4. The van der Waals surface area contributed by atoms with Gasteiger partial charge >= 0.3 is 0 Å². The second-order valence-corrected chi connectivity index (χ2v) is 5.99. The summed E-state index contributed by atoms with van der Waals surface area (Å²) in [6, 6.07) is 3.36. The molecule has 5 heteroatoms. The van der Waals surface area contributed by atoms with E-state index in [1.165, 1.54) is 0 Å². The van der Waals surface area contributed by atoms with Gasteiger partial charge in [0.05, 0.1) is 6.04 Å². The molecule has 0 aromatic carbocycles. The lowest BCUT2D eigenvalue weighted by Gasteiger charge is -2.30. The lowest BCUT2D eigenvalue weighted by Crippen LogP contribution is -2.46. The monoisotopic (exact) mass is 289 g/mol. The molecule has 1 aliphatic rings. The maximum atomic E-state index is 12.7. The highest BCUT2D eigenvalue weighted by Crippen LogP contribution is 2.23. The summed E-state index contributed by atoms with van der Waals surface area (Å²) in [7, 11) is 0. The van der Waals surface area contributed by atoms with E-state index < -0.39 is 6.04 Å². The maximum Gasteiger partial charge on any atom is 0.245 e. The minimum Gasteiger partial charge on any atom is -0.344 e. The number of aromatic nitrogens is 1. The van der Waals surface area contributed by atoms with Gasteiger partial charge in [-0.25, -0.2) is 0 Å². The van der Waals surface area contributed by atoms with Crippen LogP contribution < -0.4 is 5.32 Å². The largest absolute Gasteiger partial charge is 0.344 e. The summed E-state index contributed by atoms with van der Waals surface area (Å²) in [5, 5.41) is 2.85. The van der Waals surface area contributed by atoms with Crippen LogP contribution >= 0.6 is 0 Å². The van der Waals surface area contributed by atoms with E-state index >= 15 is 0 Å². The number of carbonyl (C=O) groups excluding carboxylic acids is 2. The van der Waals surface area contributed by atoms with Crippen molar-refractivity contribution in [3.05, 3.63) is 30.1 Å². The van der Waals surface area contributed by atoms with E-state index in [1.807, 2.05) is 19.1 Å². The van der Waals surface area contributed by atoms with Gasteiger partial charge in [-0.1, -0.05) is 13.8 Å². The first-order valence-electron chi connectivity index (χ1n) is 7.48. The molecular formula is C16H23N3O2. The van der Waals surface area contributed by atoms with Gasteiger partial charge in [0.15, 0.2) is 0 Å². The minimum atomic E-state index is -0.413. The molecule has 0 radical (unpaired) electrons. The smallest absolute Gasteiger partial charge is 0.245 e. The molecule has 0 spiro atoms. The van der Waals surface area contributed by atoms with Crippen LogP contribution in [0.3, 0.4) is 0 Å². The zero-order chi connectivity index (χ0) is 15.4. The molecule has 0 aliphatic carbocycles. The van der Waals surface area contributed by atoms with Gasteiger partial charge in [-0.2, -0.15) is 0 Å². The van der Waals surface area contributed by atoms with Gasteiger partial charge in [-0.3, -0.25) is 14.6 Å². The van der Waals surface area contributed by atoms with E-state index in [1.54, 1.807) is 17.3 Å². The van der Waals surface area contributed by atoms with Gasteiger partial charge in [-0.05, 0) is 37.0 Å². The number of amides is 2. The Bertz CT molecular complexity index is 502. The lowest BCUT2D eigenvalue weighted by molar-refractivity contribution is -0.135. The van der Waals surface area contributed by atoms with E-state index in [9.17, 15) is 9.59 Å². The Morgan fingerprint density at radius 2 is 1.95 bits per heavy atom. The van der Waals surface area contributed by atoms with Gasteiger partial charge in [0.1, 0.15) is 6.04 Å². The molecule has 1 saturated heterocycles. The van der Waals surface area contributed by atoms with Gasteiger partial charge in [0.25, 0.3) is 0 Å². The molecule has 5 nitrogen and oxygen atoms in total. The zero-order valence-electron chi connectivity index (χ0n) is 12.9. The number of hydrogen-bond acceptors (Lipinski definition) is 3. The van der Waals surface area contributed by atoms with Crippen molar-refractivity contribution in [3.63, 3.8) is 0 Å². The van der Waals surface area contributed by atoms with Gasteiger partial charge in [0.2, 0.25) is 11.8 Å². The summed E-state index contributed by atoms with van der Waals surface area (Å²) in [5.74, 6) is 0.327. The normalized spacial score (nSPS) is 21.1. The molecule has 2 heterocycles. The fourth-order valence-electron chi connectivity index (χ4n) is 2.70. The van der Waals surface area contributed by atoms with E-state index in [4.69, 9.17) is 0 Å². The Morgan fingerprint density at radius 3 is 2.57 bits per heavy atom. The first kappa shape index (κ1) is 15.5. The number of carbonyl (C=O) groups is 2. The van der Waals surface area contributed by atoms with Crippen LogP contribution in [0.5, 0.6) is 0 Å². The third kappa shape index (κ3) is 3.80. The van der Waals surface area contributed by atoms with E-state index in [0.717, 1.165) is 5.56 Å². The maximum absolute atomic E-state index is 12.7. The molecule has 2 unspecified atom stereocenters. The van der Waals surface area contributed by atoms with Gasteiger partial charge in [0, 0.05) is 25.4 Å². The van der Waals surface area contributed by atoms with Crippen molar-refractivity contribution in [2.45, 2.75) is 45.7 Å². The van der Waals surface area contributed by atoms with Crippen LogP contribution in [0.4, 0.5) is 0 Å². The average molecular weight is 289 g/mol. The number of nitrogens with one attached hydrogen (secondary N) is 1. The summed E-state index contributed by atoms with van der Waals surface area (Å²) in [6.45, 7) is 6.57. The van der Waals surface area contributed by atoms with E-state index in [-0.39, 0.29) is 17.9 Å². The van der Waals surface area contributed by atoms with E-state index in [2.05, 4.69) is 24.1 Å². The van der Waals surface area contributed by atoms with Crippen molar-refractivity contribution in [1.29, 1.82) is 0 Å². The molecule has 0 saturated carbocycles. The van der Waals surface area contributed by atoms with Crippen LogP contribution in [-0.2, 0) is 9.59 Å². The molecule has 1 aliphatic heterocycles. The highest BCUT2D eigenvalue weighted by molar-refractivity contribution is 5.90. The SMILES string of the molecule is CC(C)CC1NC(=O)CCN(C(C)c2ccncc2)C1=O. The topological polar surface area (TPSA) is 62.3 Å². The van der Waals surface area contributed by atoms with Crippen molar-refractivity contribution >= 4 is 11.8 Å². The molecule has 21 heavy (non-hydrogen) atoms. The third-order valence-corrected chi connectivity index (χ3v) is 3.86. The second-order valence-electron chi connectivity index (χ2n) is 5.99. The standard InChI is InChI=1S/C16H23N3O2/c1-11(2)10-14-16(21)19(9-6-15(20)18-14)12(3)13-4-7-17-8-5-13/h4-5,7-8,11-12,14H,6,9-10H2,1-3H3,(H,18,20). The van der Waals surface area contributed by atoms with E-state index in [0.29, 0.717) is 25.3 Å². The van der Waals surface area contributed by atoms with Crippen LogP contribution in [0.2, 0.25) is 0 Å². The molecular weight excluding hydrogens is 266 g/mol. The van der Waals surface area contributed by atoms with Crippen LogP contribution in [0.25, 0.3) is 0 Å². The first-order valence-corrected chi connectivity index (χ1v) is 7.48. The summed E-state index contributed by atoms with van der Waals surface area (Å²) < 4.78 is 0. The van der Waals surface area contributed by atoms with Crippen molar-refractivity contribution in [2.75, 3.05) is 6.54 Å². The lowest BCUT2D eigenvalue weighted by atomic mass is 10.0. The highest BCUT2D eigenvalue weighted by Gasteiger charge is 2.33.